The molecule has 0 atom stereocenters. The van der Waals surface area contributed by atoms with Gasteiger partial charge in [-0.25, -0.2) is 0 Å². The van der Waals surface area contributed by atoms with Crippen LogP contribution in [0.2, 0.25) is 0 Å². The molecule has 1 saturated heterocycles. The molecule has 1 fully saturated rings. The first kappa shape index (κ1) is 27.1. The third-order valence-electron chi connectivity index (χ3n) is 6.58. The Kier molecular flexibility index (Phi) is 9.70. The van der Waals surface area contributed by atoms with Crippen LogP contribution < -0.4 is 10.6 Å². The average molecular weight is 513 g/mol. The van der Waals surface area contributed by atoms with Crippen LogP contribution in [0.15, 0.2) is 47.6 Å². The van der Waals surface area contributed by atoms with Crippen LogP contribution in [0, 0.1) is 10.8 Å². The monoisotopic (exact) mass is 511 g/mol. The molecule has 4 rings (SSSR count). The first-order valence-electron chi connectivity index (χ1n) is 10.7. The van der Waals surface area contributed by atoms with Gasteiger partial charge in [0.2, 0.25) is 0 Å². The summed E-state index contributed by atoms with van der Waals surface area (Å²) in [6.45, 7) is 2.96. The molecule has 3 heterocycles. The maximum Gasteiger partial charge on any atom is 0.309 e. The number of carboxylic acids is 1. The number of halogens is 2. The summed E-state index contributed by atoms with van der Waals surface area (Å²) in [5.74, 6) is 0.215. The molecular weight excluding hydrogens is 481 g/mol. The van der Waals surface area contributed by atoms with E-state index in [9.17, 15) is 9.90 Å². The number of aromatic nitrogens is 1. The number of nitrogens with one attached hydrogen (secondary N) is 1. The molecule has 0 radical (unpaired) electrons. The van der Waals surface area contributed by atoms with Crippen molar-refractivity contribution in [2.45, 2.75) is 37.1 Å². The van der Waals surface area contributed by atoms with Crippen molar-refractivity contribution in [2.75, 3.05) is 30.3 Å². The highest BCUT2D eigenvalue weighted by atomic mass is 35.5. The van der Waals surface area contributed by atoms with Gasteiger partial charge in [-0.3, -0.25) is 15.2 Å². The fourth-order valence-electron chi connectivity index (χ4n) is 4.51. The molecule has 0 aliphatic carbocycles. The molecule has 0 bridgehead atoms. The number of piperidine rings is 1. The maximum atomic E-state index is 12.2. The summed E-state index contributed by atoms with van der Waals surface area (Å²) in [5.41, 5.74) is 8.63. The van der Waals surface area contributed by atoms with Crippen LogP contribution in [0.4, 0.5) is 5.69 Å². The van der Waals surface area contributed by atoms with Crippen molar-refractivity contribution < 1.29 is 9.90 Å². The van der Waals surface area contributed by atoms with Crippen LogP contribution in [0.5, 0.6) is 0 Å². The minimum absolute atomic E-state index is 0. The molecule has 0 spiro atoms. The van der Waals surface area contributed by atoms with E-state index in [4.69, 9.17) is 11.1 Å². The number of guanidine groups is 1. The van der Waals surface area contributed by atoms with E-state index in [0.717, 1.165) is 42.4 Å². The topological polar surface area (TPSA) is 107 Å². The van der Waals surface area contributed by atoms with Crippen molar-refractivity contribution in [3.8, 4) is 0 Å². The van der Waals surface area contributed by atoms with Gasteiger partial charge in [0.25, 0.3) is 0 Å². The highest BCUT2D eigenvalue weighted by Gasteiger charge is 2.41. The quantitative estimate of drug-likeness (QED) is 0.305. The highest BCUT2D eigenvalue weighted by molar-refractivity contribution is 7.99. The predicted octanol–water partition coefficient (Wildman–Crippen LogP) is 4.03. The zero-order valence-electron chi connectivity index (χ0n) is 18.4. The smallest absolute Gasteiger partial charge is 0.309 e. The lowest BCUT2D eigenvalue weighted by atomic mass is 9.76. The first-order chi connectivity index (χ1) is 15.0. The van der Waals surface area contributed by atoms with Crippen LogP contribution in [-0.2, 0) is 17.8 Å². The second kappa shape index (κ2) is 11.8. The van der Waals surface area contributed by atoms with E-state index in [1.807, 2.05) is 17.0 Å². The van der Waals surface area contributed by atoms with Gasteiger partial charge in [0, 0.05) is 49.2 Å². The van der Waals surface area contributed by atoms with Gasteiger partial charge >= 0.3 is 5.97 Å². The third-order valence-corrected chi connectivity index (χ3v) is 7.58. The highest BCUT2D eigenvalue weighted by Crippen LogP contribution is 2.39. The van der Waals surface area contributed by atoms with E-state index in [2.05, 4.69) is 28.1 Å². The number of aliphatic carboxylic acids is 1. The van der Waals surface area contributed by atoms with Crippen LogP contribution >= 0.6 is 36.6 Å². The molecule has 0 unspecified atom stereocenters. The average Bonchev–Trinajstić information content (AvgIpc) is 2.79. The summed E-state index contributed by atoms with van der Waals surface area (Å²) in [6.07, 6.45) is 6.42. The lowest BCUT2D eigenvalue weighted by Crippen LogP contribution is -2.44. The number of carboxylic acid groups (broad SMARTS) is 1. The molecule has 7 nitrogen and oxygen atoms in total. The molecule has 10 heteroatoms. The predicted molar refractivity (Wildman–Crippen MR) is 138 cm³/mol. The molecule has 1 aromatic heterocycles. The van der Waals surface area contributed by atoms with Crippen molar-refractivity contribution in [2.24, 2.45) is 11.1 Å². The van der Waals surface area contributed by atoms with Crippen molar-refractivity contribution in [3.05, 3.63) is 53.9 Å². The maximum absolute atomic E-state index is 12.2. The molecule has 2 aliphatic rings. The Bertz CT molecular complexity index is 955. The summed E-state index contributed by atoms with van der Waals surface area (Å²) in [4.78, 5) is 21.5. The molecule has 2 aliphatic heterocycles. The van der Waals surface area contributed by atoms with E-state index in [0.29, 0.717) is 25.8 Å². The third kappa shape index (κ3) is 6.25. The number of hydrogen-bond acceptors (Lipinski definition) is 5. The zero-order valence-corrected chi connectivity index (χ0v) is 20.9. The largest absolute Gasteiger partial charge is 0.481 e. The molecule has 33 heavy (non-hydrogen) atoms. The second-order valence-electron chi connectivity index (χ2n) is 8.36. The van der Waals surface area contributed by atoms with Gasteiger partial charge in [-0.15, -0.1) is 36.6 Å². The van der Waals surface area contributed by atoms with Gasteiger partial charge < -0.3 is 20.6 Å². The molecule has 0 saturated carbocycles. The fraction of sp³-hybridized carbons (Fsp3) is 0.435. The van der Waals surface area contributed by atoms with Gasteiger partial charge in [-0.2, -0.15) is 0 Å². The normalized spacial score (nSPS) is 16.7. The van der Waals surface area contributed by atoms with E-state index >= 15 is 0 Å². The van der Waals surface area contributed by atoms with Gasteiger partial charge in [-0.1, -0.05) is 6.07 Å². The van der Waals surface area contributed by atoms with Crippen LogP contribution in [-0.4, -0.2) is 52.3 Å². The van der Waals surface area contributed by atoms with E-state index in [1.54, 1.807) is 24.2 Å². The van der Waals surface area contributed by atoms with E-state index in [-0.39, 0.29) is 30.8 Å². The molecule has 1 aromatic carbocycles. The minimum Gasteiger partial charge on any atom is -0.481 e. The Labute approximate surface area is 211 Å². The number of nitrogens with two attached hydrogens (primary N) is 1. The van der Waals surface area contributed by atoms with Crippen molar-refractivity contribution >= 4 is 54.2 Å². The number of rotatable bonds is 6. The van der Waals surface area contributed by atoms with Crippen molar-refractivity contribution in [1.82, 2.24) is 9.88 Å². The number of anilines is 1. The number of hydrogen-bond donors (Lipinski definition) is 3. The van der Waals surface area contributed by atoms with E-state index < -0.39 is 11.4 Å². The SMILES string of the molecule is Cl.Cl.N=C(N)N1CCc2ccc(SCCC3(C(=O)O)CCN(c4ccncc4)CC3)cc2C1. The number of pyridine rings is 1. The number of nitrogens with zero attached hydrogens (tertiary/aromatic N) is 3. The Morgan fingerprint density at radius 2 is 1.82 bits per heavy atom. The molecule has 2 aromatic rings. The number of thioether (sulfide) groups is 1. The second-order valence-corrected chi connectivity index (χ2v) is 9.53. The van der Waals surface area contributed by atoms with Gasteiger partial charge in [0.05, 0.1) is 5.41 Å². The van der Waals surface area contributed by atoms with Gasteiger partial charge in [0.1, 0.15) is 0 Å². The molecule has 180 valence electrons. The van der Waals surface area contributed by atoms with Crippen LogP contribution in [0.25, 0.3) is 0 Å². The minimum atomic E-state index is -0.676. The van der Waals surface area contributed by atoms with Crippen molar-refractivity contribution in [1.29, 1.82) is 5.41 Å². The Morgan fingerprint density at radius 1 is 1.12 bits per heavy atom. The summed E-state index contributed by atoms with van der Waals surface area (Å²) >= 11 is 1.72. The summed E-state index contributed by atoms with van der Waals surface area (Å²) in [5, 5.41) is 17.7. The summed E-state index contributed by atoms with van der Waals surface area (Å²) in [6, 6.07) is 10.4. The standard InChI is InChI=1S/C23H29N5O2S.2ClH/c24-22(25)28-11-5-17-1-2-20(15-18(17)16-28)31-14-8-23(21(29)30)6-12-27(13-7-23)19-3-9-26-10-4-19;;/h1-4,9-10,15H,5-8,11-14,16H2,(H3,24,25)(H,29,30);2*1H. The zero-order chi connectivity index (χ0) is 21.8. The Morgan fingerprint density at radius 3 is 2.45 bits per heavy atom. The summed E-state index contributed by atoms with van der Waals surface area (Å²) < 4.78 is 0. The molecule has 4 N–H and O–H groups in total. The number of fused-ring (bicyclic) bond motifs is 1. The Hall–Kier alpha value is -2.16. The lowest BCUT2D eigenvalue weighted by molar-refractivity contribution is -0.150. The first-order valence-corrected chi connectivity index (χ1v) is 11.7. The molecule has 0 amide bonds. The van der Waals surface area contributed by atoms with Crippen LogP contribution in [0.3, 0.4) is 0 Å². The Balaban J connectivity index is 0.00000193. The fourth-order valence-corrected chi connectivity index (χ4v) is 5.63. The van der Waals surface area contributed by atoms with Crippen LogP contribution in [0.1, 0.15) is 30.4 Å². The van der Waals surface area contributed by atoms with Gasteiger partial charge in [-0.05, 0) is 66.8 Å². The lowest BCUT2D eigenvalue weighted by Gasteiger charge is -2.40. The van der Waals surface area contributed by atoms with Crippen molar-refractivity contribution in [3.63, 3.8) is 0 Å². The molecular formula is C23H31Cl2N5O2S. The number of benzene rings is 1. The van der Waals surface area contributed by atoms with E-state index in [1.165, 1.54) is 11.1 Å². The number of carbonyl (C=O) groups is 1. The van der Waals surface area contributed by atoms with Gasteiger partial charge in [0.15, 0.2) is 5.96 Å². The summed E-state index contributed by atoms with van der Waals surface area (Å²) in [7, 11) is 0.